The Labute approximate surface area is 97.8 Å². The predicted molar refractivity (Wildman–Crippen MR) is 60.2 cm³/mol. The van der Waals surface area contributed by atoms with E-state index in [0.717, 1.165) is 23.6 Å². The van der Waals surface area contributed by atoms with E-state index in [1.807, 2.05) is 6.92 Å². The van der Waals surface area contributed by atoms with Crippen LogP contribution >= 0.6 is 11.6 Å². The summed E-state index contributed by atoms with van der Waals surface area (Å²) in [7, 11) is 0. The lowest BCUT2D eigenvalue weighted by atomic mass is 10.2. The molecule has 2 rings (SSSR count). The van der Waals surface area contributed by atoms with Crippen molar-refractivity contribution < 1.29 is 4.52 Å². The zero-order valence-corrected chi connectivity index (χ0v) is 9.53. The maximum atomic E-state index is 5.96. The molecule has 0 aliphatic carbocycles. The molecular weight excluding hydrogens is 228 g/mol. The SMILES string of the molecule is CCc1c(Cl)ncnc1NCc1ccno1. The molecule has 0 atom stereocenters. The Morgan fingerprint density at radius 2 is 2.31 bits per heavy atom. The second kappa shape index (κ2) is 4.94. The number of halogens is 1. The minimum absolute atomic E-state index is 0.484. The molecule has 0 aliphatic heterocycles. The molecule has 0 aliphatic rings. The molecule has 84 valence electrons. The van der Waals surface area contributed by atoms with E-state index in [9.17, 15) is 0 Å². The lowest BCUT2D eigenvalue weighted by molar-refractivity contribution is 0.388. The Bertz CT molecular complexity index is 458. The van der Waals surface area contributed by atoms with Crippen LogP contribution in [0, 0.1) is 0 Å². The van der Waals surface area contributed by atoms with Crippen molar-refractivity contribution in [1.82, 2.24) is 15.1 Å². The van der Waals surface area contributed by atoms with E-state index in [0.29, 0.717) is 11.7 Å². The van der Waals surface area contributed by atoms with Crippen LogP contribution in [-0.4, -0.2) is 15.1 Å². The fourth-order valence-electron chi connectivity index (χ4n) is 1.36. The van der Waals surface area contributed by atoms with Gasteiger partial charge in [0.05, 0.1) is 12.7 Å². The zero-order chi connectivity index (χ0) is 11.4. The first-order valence-electron chi connectivity index (χ1n) is 4.94. The number of anilines is 1. The summed E-state index contributed by atoms with van der Waals surface area (Å²) in [6.07, 6.45) is 3.81. The third-order valence-corrected chi connectivity index (χ3v) is 2.49. The Morgan fingerprint density at radius 3 is 3.00 bits per heavy atom. The van der Waals surface area contributed by atoms with Gasteiger partial charge in [0, 0.05) is 11.6 Å². The average molecular weight is 239 g/mol. The van der Waals surface area contributed by atoms with Crippen LogP contribution in [0.15, 0.2) is 23.1 Å². The fraction of sp³-hybridized carbons (Fsp3) is 0.300. The van der Waals surface area contributed by atoms with Crippen LogP contribution in [0.25, 0.3) is 0 Å². The largest absolute Gasteiger partial charge is 0.362 e. The lowest BCUT2D eigenvalue weighted by Gasteiger charge is -2.08. The Morgan fingerprint density at radius 1 is 1.44 bits per heavy atom. The Balaban J connectivity index is 2.12. The Hall–Kier alpha value is -1.62. The summed E-state index contributed by atoms with van der Waals surface area (Å²) in [5, 5.41) is 7.24. The van der Waals surface area contributed by atoms with Gasteiger partial charge in [0.2, 0.25) is 0 Å². The van der Waals surface area contributed by atoms with Gasteiger partial charge in [0.15, 0.2) is 5.76 Å². The van der Waals surface area contributed by atoms with E-state index in [2.05, 4.69) is 20.4 Å². The van der Waals surface area contributed by atoms with Crippen LogP contribution in [0.2, 0.25) is 5.15 Å². The molecule has 0 bridgehead atoms. The monoisotopic (exact) mass is 238 g/mol. The van der Waals surface area contributed by atoms with Gasteiger partial charge in [-0.3, -0.25) is 0 Å². The molecular formula is C10H11ClN4O. The van der Waals surface area contributed by atoms with Gasteiger partial charge in [0.25, 0.3) is 0 Å². The lowest BCUT2D eigenvalue weighted by Crippen LogP contribution is -2.05. The van der Waals surface area contributed by atoms with Gasteiger partial charge in [-0.25, -0.2) is 9.97 Å². The number of nitrogens with one attached hydrogen (secondary N) is 1. The normalized spacial score (nSPS) is 10.4. The van der Waals surface area contributed by atoms with Crippen LogP contribution in [0.1, 0.15) is 18.2 Å². The van der Waals surface area contributed by atoms with Gasteiger partial charge in [-0.15, -0.1) is 0 Å². The predicted octanol–water partition coefficient (Wildman–Crippen LogP) is 2.29. The summed E-state index contributed by atoms with van der Waals surface area (Å²) in [5.74, 6) is 1.48. The number of rotatable bonds is 4. The van der Waals surface area contributed by atoms with Crippen LogP contribution in [0.4, 0.5) is 5.82 Å². The summed E-state index contributed by atoms with van der Waals surface area (Å²) in [5.41, 5.74) is 0.906. The summed E-state index contributed by atoms with van der Waals surface area (Å²) < 4.78 is 4.97. The van der Waals surface area contributed by atoms with E-state index in [1.54, 1.807) is 12.3 Å². The zero-order valence-electron chi connectivity index (χ0n) is 8.77. The minimum Gasteiger partial charge on any atom is -0.362 e. The summed E-state index contributed by atoms with van der Waals surface area (Å²) in [6.45, 7) is 2.53. The maximum Gasteiger partial charge on any atom is 0.155 e. The molecule has 0 radical (unpaired) electrons. The van der Waals surface area contributed by atoms with Crippen molar-refractivity contribution in [1.29, 1.82) is 0 Å². The molecule has 2 aromatic rings. The average Bonchev–Trinajstić information content (AvgIpc) is 2.79. The molecule has 0 aromatic carbocycles. The highest BCUT2D eigenvalue weighted by Gasteiger charge is 2.08. The van der Waals surface area contributed by atoms with E-state index < -0.39 is 0 Å². The third-order valence-electron chi connectivity index (χ3n) is 2.17. The molecule has 0 saturated heterocycles. The van der Waals surface area contributed by atoms with E-state index in [-0.39, 0.29) is 0 Å². The molecule has 2 heterocycles. The molecule has 6 heteroatoms. The number of aromatic nitrogens is 3. The van der Waals surface area contributed by atoms with Crippen molar-refractivity contribution in [2.24, 2.45) is 0 Å². The van der Waals surface area contributed by atoms with Crippen LogP contribution in [0.3, 0.4) is 0 Å². The molecule has 1 N–H and O–H groups in total. The second-order valence-corrected chi connectivity index (χ2v) is 3.54. The quantitative estimate of drug-likeness (QED) is 0.828. The molecule has 16 heavy (non-hydrogen) atoms. The summed E-state index contributed by atoms with van der Waals surface area (Å²) in [4.78, 5) is 8.08. The van der Waals surface area contributed by atoms with Crippen LogP contribution in [-0.2, 0) is 13.0 Å². The van der Waals surface area contributed by atoms with E-state index in [1.165, 1.54) is 6.33 Å². The molecule has 0 spiro atoms. The highest BCUT2D eigenvalue weighted by atomic mass is 35.5. The van der Waals surface area contributed by atoms with Gasteiger partial charge in [-0.1, -0.05) is 23.7 Å². The summed E-state index contributed by atoms with van der Waals surface area (Å²) >= 11 is 5.96. The van der Waals surface area contributed by atoms with Gasteiger partial charge < -0.3 is 9.84 Å². The molecule has 0 saturated carbocycles. The Kier molecular flexibility index (Phi) is 3.36. The fourth-order valence-corrected chi connectivity index (χ4v) is 1.63. The van der Waals surface area contributed by atoms with Crippen molar-refractivity contribution in [2.75, 3.05) is 5.32 Å². The van der Waals surface area contributed by atoms with Crippen molar-refractivity contribution >= 4 is 17.4 Å². The minimum atomic E-state index is 0.484. The molecule has 0 amide bonds. The van der Waals surface area contributed by atoms with Crippen LogP contribution in [0.5, 0.6) is 0 Å². The first-order valence-corrected chi connectivity index (χ1v) is 5.32. The third kappa shape index (κ3) is 2.30. The topological polar surface area (TPSA) is 63.8 Å². The second-order valence-electron chi connectivity index (χ2n) is 3.18. The molecule has 0 fully saturated rings. The number of hydrogen-bond donors (Lipinski definition) is 1. The number of hydrogen-bond acceptors (Lipinski definition) is 5. The van der Waals surface area contributed by atoms with Crippen molar-refractivity contribution in [2.45, 2.75) is 19.9 Å². The van der Waals surface area contributed by atoms with E-state index in [4.69, 9.17) is 16.1 Å². The van der Waals surface area contributed by atoms with Crippen LogP contribution < -0.4 is 5.32 Å². The van der Waals surface area contributed by atoms with Gasteiger partial charge in [-0.05, 0) is 6.42 Å². The highest BCUT2D eigenvalue weighted by molar-refractivity contribution is 6.30. The molecule has 2 aromatic heterocycles. The van der Waals surface area contributed by atoms with Gasteiger partial charge >= 0.3 is 0 Å². The maximum absolute atomic E-state index is 5.96. The number of nitrogens with zero attached hydrogens (tertiary/aromatic N) is 3. The molecule has 5 nitrogen and oxygen atoms in total. The molecule has 0 unspecified atom stereocenters. The first kappa shape index (κ1) is 10.9. The van der Waals surface area contributed by atoms with Gasteiger partial charge in [-0.2, -0.15) is 0 Å². The highest BCUT2D eigenvalue weighted by Crippen LogP contribution is 2.20. The summed E-state index contributed by atoms with van der Waals surface area (Å²) in [6, 6.07) is 1.79. The smallest absolute Gasteiger partial charge is 0.155 e. The van der Waals surface area contributed by atoms with Gasteiger partial charge in [0.1, 0.15) is 17.3 Å². The first-order chi connectivity index (χ1) is 7.81. The van der Waals surface area contributed by atoms with Crippen molar-refractivity contribution in [3.63, 3.8) is 0 Å². The van der Waals surface area contributed by atoms with Crippen molar-refractivity contribution in [3.8, 4) is 0 Å². The van der Waals surface area contributed by atoms with E-state index >= 15 is 0 Å². The van der Waals surface area contributed by atoms with Crippen molar-refractivity contribution in [3.05, 3.63) is 35.1 Å². The standard InChI is InChI=1S/C10H11ClN4O/c1-2-8-9(11)13-6-14-10(8)12-5-7-3-4-15-16-7/h3-4,6H,2,5H2,1H3,(H,12,13,14).